The smallest absolute Gasteiger partial charge is 0.315 e. The molecule has 2 amide bonds. The minimum absolute atomic E-state index is 0.0278. The van der Waals surface area contributed by atoms with Crippen molar-refractivity contribution in [1.82, 2.24) is 20.9 Å². The molecule has 1 aliphatic rings. The number of carbonyl (C=O) groups is 1. The lowest BCUT2D eigenvalue weighted by Crippen LogP contribution is -2.47. The zero-order valence-electron chi connectivity index (χ0n) is 14.1. The number of aromatic nitrogens is 1. The molecule has 1 atom stereocenters. The number of thiazole rings is 1. The molecule has 1 saturated heterocycles. The van der Waals surface area contributed by atoms with Crippen molar-refractivity contribution < 1.29 is 14.3 Å². The number of carbonyl (C=O) groups excluding carboxylic acids is 1. The summed E-state index contributed by atoms with van der Waals surface area (Å²) in [6.07, 6.45) is 1.81. The van der Waals surface area contributed by atoms with Crippen molar-refractivity contribution in [3.8, 4) is 16.3 Å². The number of morpholine rings is 1. The number of hydrogen-bond donors (Lipinski definition) is 3. The first-order chi connectivity index (χ1) is 12.3. The van der Waals surface area contributed by atoms with Gasteiger partial charge in [-0.05, 0) is 12.1 Å². The maximum absolute atomic E-state index is 11.9. The Hall–Kier alpha value is -2.16. The Morgan fingerprint density at radius 3 is 3.12 bits per heavy atom. The Bertz CT molecular complexity index is 701. The predicted octanol–water partition coefficient (Wildman–Crippen LogP) is 1.61. The average Bonchev–Trinajstić information content (AvgIpc) is 3.14. The normalized spacial score (nSPS) is 17.1. The summed E-state index contributed by atoms with van der Waals surface area (Å²) in [5, 5.41) is 9.78. The maximum Gasteiger partial charge on any atom is 0.315 e. The molecule has 1 unspecified atom stereocenters. The van der Waals surface area contributed by atoms with Gasteiger partial charge in [0.25, 0.3) is 0 Å². The van der Waals surface area contributed by atoms with Crippen LogP contribution in [0.2, 0.25) is 0 Å². The Balaban J connectivity index is 1.49. The van der Waals surface area contributed by atoms with E-state index in [0.29, 0.717) is 19.7 Å². The minimum atomic E-state index is -0.207. The average molecular weight is 362 g/mol. The summed E-state index contributed by atoms with van der Waals surface area (Å²) in [4.78, 5) is 17.3. The molecule has 1 aliphatic heterocycles. The van der Waals surface area contributed by atoms with Crippen LogP contribution in [0, 0.1) is 0 Å². The number of nitrogens with one attached hydrogen (secondary N) is 3. The number of rotatable bonds is 6. The Kier molecular flexibility index (Phi) is 6.21. The first-order valence-corrected chi connectivity index (χ1v) is 9.00. The lowest BCUT2D eigenvalue weighted by Gasteiger charge is -2.23. The van der Waals surface area contributed by atoms with Crippen LogP contribution in [0.1, 0.15) is 4.88 Å². The molecular formula is C17H22N4O3S. The summed E-state index contributed by atoms with van der Waals surface area (Å²) in [6, 6.07) is 7.55. The lowest BCUT2D eigenvalue weighted by atomic mass is 10.2. The first kappa shape index (κ1) is 17.7. The van der Waals surface area contributed by atoms with E-state index in [1.165, 1.54) is 11.3 Å². The Labute approximate surface area is 150 Å². The Morgan fingerprint density at radius 1 is 1.44 bits per heavy atom. The first-order valence-electron chi connectivity index (χ1n) is 8.18. The Morgan fingerprint density at radius 2 is 2.32 bits per heavy atom. The van der Waals surface area contributed by atoms with Gasteiger partial charge in [0.15, 0.2) is 0 Å². The van der Waals surface area contributed by atoms with Gasteiger partial charge in [0.05, 0.1) is 31.9 Å². The van der Waals surface area contributed by atoms with Gasteiger partial charge in [-0.3, -0.25) is 0 Å². The molecule has 1 aromatic heterocycles. The molecule has 25 heavy (non-hydrogen) atoms. The molecule has 0 radical (unpaired) electrons. The molecule has 2 aromatic rings. The summed E-state index contributed by atoms with van der Waals surface area (Å²) >= 11 is 1.54. The summed E-state index contributed by atoms with van der Waals surface area (Å²) in [7, 11) is 1.64. The third-order valence-corrected chi connectivity index (χ3v) is 4.84. The van der Waals surface area contributed by atoms with Gasteiger partial charge in [-0.1, -0.05) is 12.1 Å². The largest absolute Gasteiger partial charge is 0.496 e. The van der Waals surface area contributed by atoms with E-state index in [-0.39, 0.29) is 12.1 Å². The van der Waals surface area contributed by atoms with Crippen LogP contribution in [0.4, 0.5) is 4.79 Å². The lowest BCUT2D eigenvalue weighted by molar-refractivity contribution is 0.0307. The van der Waals surface area contributed by atoms with Crippen LogP contribution in [0.3, 0.4) is 0 Å². The van der Waals surface area contributed by atoms with Crippen molar-refractivity contribution in [1.29, 1.82) is 0 Å². The van der Waals surface area contributed by atoms with Gasteiger partial charge in [-0.25, -0.2) is 9.78 Å². The SMILES string of the molecule is COc1ccccc1-c1ncc(CNC(=O)NCC2CNCCO2)s1. The fraction of sp³-hybridized carbons (Fsp3) is 0.412. The van der Waals surface area contributed by atoms with Crippen LogP contribution in [-0.2, 0) is 11.3 Å². The molecule has 0 bridgehead atoms. The summed E-state index contributed by atoms with van der Waals surface area (Å²) in [5.74, 6) is 0.787. The molecule has 0 spiro atoms. The van der Waals surface area contributed by atoms with E-state index in [0.717, 1.165) is 34.3 Å². The van der Waals surface area contributed by atoms with Gasteiger partial charge in [0, 0.05) is 30.7 Å². The highest BCUT2D eigenvalue weighted by Gasteiger charge is 2.14. The molecule has 0 saturated carbocycles. The molecule has 7 nitrogen and oxygen atoms in total. The fourth-order valence-electron chi connectivity index (χ4n) is 2.52. The van der Waals surface area contributed by atoms with E-state index in [9.17, 15) is 4.79 Å². The van der Waals surface area contributed by atoms with Crippen molar-refractivity contribution in [2.45, 2.75) is 12.6 Å². The van der Waals surface area contributed by atoms with E-state index in [4.69, 9.17) is 9.47 Å². The van der Waals surface area contributed by atoms with Gasteiger partial charge in [0.1, 0.15) is 10.8 Å². The van der Waals surface area contributed by atoms with Gasteiger partial charge >= 0.3 is 6.03 Å². The number of para-hydroxylation sites is 1. The van der Waals surface area contributed by atoms with E-state index in [1.807, 2.05) is 24.3 Å². The number of urea groups is 1. The summed E-state index contributed by atoms with van der Waals surface area (Å²) < 4.78 is 10.9. The van der Waals surface area contributed by atoms with Crippen molar-refractivity contribution in [3.05, 3.63) is 35.3 Å². The number of hydrogen-bond acceptors (Lipinski definition) is 6. The molecule has 2 heterocycles. The topological polar surface area (TPSA) is 84.5 Å². The van der Waals surface area contributed by atoms with Gasteiger partial charge < -0.3 is 25.4 Å². The number of amides is 2. The predicted molar refractivity (Wildman–Crippen MR) is 97.0 cm³/mol. The molecule has 3 rings (SSSR count). The van der Waals surface area contributed by atoms with Crippen LogP contribution < -0.4 is 20.7 Å². The quantitative estimate of drug-likeness (QED) is 0.727. The van der Waals surface area contributed by atoms with E-state index < -0.39 is 0 Å². The molecule has 1 fully saturated rings. The third-order valence-electron chi connectivity index (χ3n) is 3.81. The molecule has 1 aromatic carbocycles. The number of methoxy groups -OCH3 is 1. The van der Waals surface area contributed by atoms with Gasteiger partial charge in [-0.2, -0.15) is 0 Å². The van der Waals surface area contributed by atoms with Crippen LogP contribution in [0.25, 0.3) is 10.6 Å². The molecule has 0 aliphatic carbocycles. The highest BCUT2D eigenvalue weighted by molar-refractivity contribution is 7.15. The monoisotopic (exact) mass is 362 g/mol. The van der Waals surface area contributed by atoms with Crippen molar-refractivity contribution in [2.24, 2.45) is 0 Å². The third kappa shape index (κ3) is 4.91. The van der Waals surface area contributed by atoms with E-state index in [1.54, 1.807) is 13.3 Å². The van der Waals surface area contributed by atoms with Crippen LogP contribution in [0.5, 0.6) is 5.75 Å². The maximum atomic E-state index is 11.9. The number of nitrogens with zero attached hydrogens (tertiary/aromatic N) is 1. The second-order valence-corrected chi connectivity index (χ2v) is 6.71. The van der Waals surface area contributed by atoms with Crippen molar-refractivity contribution in [2.75, 3.05) is 33.4 Å². The second-order valence-electron chi connectivity index (χ2n) is 5.59. The summed E-state index contributed by atoms with van der Waals surface area (Å²) in [5.41, 5.74) is 0.952. The molecular weight excluding hydrogens is 340 g/mol. The van der Waals surface area contributed by atoms with Crippen LogP contribution >= 0.6 is 11.3 Å². The van der Waals surface area contributed by atoms with Crippen LogP contribution in [0.15, 0.2) is 30.5 Å². The standard InChI is InChI=1S/C17H22N4O3S/c1-23-15-5-3-2-4-14(15)16-19-10-13(25-16)11-21-17(22)20-9-12-8-18-6-7-24-12/h2-5,10,12,18H,6-9,11H2,1H3,(H2,20,21,22). The van der Waals surface area contributed by atoms with Gasteiger partial charge in [-0.15, -0.1) is 11.3 Å². The van der Waals surface area contributed by atoms with E-state index >= 15 is 0 Å². The van der Waals surface area contributed by atoms with E-state index in [2.05, 4.69) is 20.9 Å². The zero-order chi connectivity index (χ0) is 17.5. The van der Waals surface area contributed by atoms with Crippen molar-refractivity contribution >= 4 is 17.4 Å². The molecule has 3 N–H and O–H groups in total. The zero-order valence-corrected chi connectivity index (χ0v) is 14.9. The minimum Gasteiger partial charge on any atom is -0.496 e. The molecule has 134 valence electrons. The number of ether oxygens (including phenoxy) is 2. The van der Waals surface area contributed by atoms with Crippen LogP contribution in [-0.4, -0.2) is 50.5 Å². The van der Waals surface area contributed by atoms with Gasteiger partial charge in [0.2, 0.25) is 0 Å². The fourth-order valence-corrected chi connectivity index (χ4v) is 3.40. The highest BCUT2D eigenvalue weighted by Crippen LogP contribution is 2.32. The molecule has 8 heteroatoms. The van der Waals surface area contributed by atoms with Crippen molar-refractivity contribution in [3.63, 3.8) is 0 Å². The highest BCUT2D eigenvalue weighted by atomic mass is 32.1. The second kappa shape index (κ2) is 8.80. The summed E-state index contributed by atoms with van der Waals surface area (Å²) in [6.45, 7) is 3.23. The number of benzene rings is 1.